The Bertz CT molecular complexity index is 382. The van der Waals surface area contributed by atoms with Crippen LogP contribution in [-0.4, -0.2) is 35.1 Å². The molecule has 19 heavy (non-hydrogen) atoms. The molecular formula is C16H25N3. The van der Waals surface area contributed by atoms with Crippen LogP contribution >= 0.6 is 0 Å². The van der Waals surface area contributed by atoms with Crippen molar-refractivity contribution in [3.63, 3.8) is 0 Å². The molecule has 2 atom stereocenters. The van der Waals surface area contributed by atoms with E-state index in [1.807, 2.05) is 12.3 Å². The fourth-order valence-corrected chi connectivity index (χ4v) is 3.16. The van der Waals surface area contributed by atoms with E-state index in [-0.39, 0.29) is 0 Å². The maximum atomic E-state index is 4.54. The molecule has 2 unspecified atom stereocenters. The van der Waals surface area contributed by atoms with Gasteiger partial charge in [0, 0.05) is 30.9 Å². The van der Waals surface area contributed by atoms with E-state index in [0.29, 0.717) is 12.1 Å². The molecule has 0 amide bonds. The summed E-state index contributed by atoms with van der Waals surface area (Å²) in [7, 11) is 0. The van der Waals surface area contributed by atoms with Crippen LogP contribution in [0.25, 0.3) is 0 Å². The summed E-state index contributed by atoms with van der Waals surface area (Å²) in [5.41, 5.74) is 1.21. The third-order valence-electron chi connectivity index (χ3n) is 4.47. The molecule has 0 bridgehead atoms. The van der Waals surface area contributed by atoms with Crippen molar-refractivity contribution in [3.8, 4) is 0 Å². The minimum absolute atomic E-state index is 0.442. The highest BCUT2D eigenvalue weighted by atomic mass is 15.2. The van der Waals surface area contributed by atoms with Gasteiger partial charge in [-0.25, -0.2) is 0 Å². The summed E-state index contributed by atoms with van der Waals surface area (Å²) < 4.78 is 0. The summed E-state index contributed by atoms with van der Waals surface area (Å²) in [6, 6.07) is 8.18. The van der Waals surface area contributed by atoms with E-state index in [4.69, 9.17) is 0 Å². The van der Waals surface area contributed by atoms with E-state index in [9.17, 15) is 0 Å². The minimum Gasteiger partial charge on any atom is -0.313 e. The second-order valence-corrected chi connectivity index (χ2v) is 6.01. The molecule has 104 valence electrons. The van der Waals surface area contributed by atoms with Crippen molar-refractivity contribution in [3.05, 3.63) is 30.1 Å². The first-order valence-corrected chi connectivity index (χ1v) is 7.74. The Morgan fingerprint density at radius 3 is 2.84 bits per heavy atom. The average Bonchev–Trinajstić information content (AvgIpc) is 3.31. The van der Waals surface area contributed by atoms with Crippen molar-refractivity contribution in [1.29, 1.82) is 0 Å². The molecule has 1 aromatic heterocycles. The molecule has 2 fully saturated rings. The third-order valence-corrected chi connectivity index (χ3v) is 4.47. The van der Waals surface area contributed by atoms with Gasteiger partial charge in [0.05, 0.1) is 5.69 Å². The topological polar surface area (TPSA) is 28.2 Å². The van der Waals surface area contributed by atoms with Gasteiger partial charge >= 0.3 is 0 Å². The van der Waals surface area contributed by atoms with Crippen molar-refractivity contribution < 1.29 is 0 Å². The van der Waals surface area contributed by atoms with Crippen LogP contribution in [0.1, 0.15) is 50.8 Å². The van der Waals surface area contributed by atoms with Crippen LogP contribution in [0.2, 0.25) is 0 Å². The monoisotopic (exact) mass is 259 g/mol. The average molecular weight is 259 g/mol. The summed E-state index contributed by atoms with van der Waals surface area (Å²) in [4.78, 5) is 7.21. The molecule has 1 N–H and O–H groups in total. The number of hydrogen-bond donors (Lipinski definition) is 1. The van der Waals surface area contributed by atoms with Crippen molar-refractivity contribution in [2.75, 3.05) is 13.1 Å². The molecule has 3 rings (SSSR count). The number of hydrogen-bond acceptors (Lipinski definition) is 3. The zero-order chi connectivity index (χ0) is 13.1. The van der Waals surface area contributed by atoms with Gasteiger partial charge in [-0.3, -0.25) is 9.88 Å². The van der Waals surface area contributed by atoms with Crippen molar-refractivity contribution in [1.82, 2.24) is 15.2 Å². The van der Waals surface area contributed by atoms with Crippen LogP contribution in [-0.2, 0) is 0 Å². The van der Waals surface area contributed by atoms with E-state index in [0.717, 1.165) is 6.04 Å². The van der Waals surface area contributed by atoms with E-state index in [2.05, 4.69) is 34.3 Å². The number of aromatic nitrogens is 1. The molecule has 0 radical (unpaired) electrons. The first-order chi connectivity index (χ1) is 9.34. The van der Waals surface area contributed by atoms with Crippen LogP contribution in [0.3, 0.4) is 0 Å². The van der Waals surface area contributed by atoms with Gasteiger partial charge in [-0.2, -0.15) is 0 Å². The van der Waals surface area contributed by atoms with E-state index >= 15 is 0 Å². The molecule has 3 nitrogen and oxygen atoms in total. The van der Waals surface area contributed by atoms with E-state index in [1.165, 1.54) is 50.9 Å². The van der Waals surface area contributed by atoms with Gasteiger partial charge in [0.1, 0.15) is 0 Å². The van der Waals surface area contributed by atoms with Gasteiger partial charge in [-0.1, -0.05) is 12.5 Å². The van der Waals surface area contributed by atoms with Gasteiger partial charge in [0.15, 0.2) is 0 Å². The lowest BCUT2D eigenvalue weighted by molar-refractivity contribution is 0.164. The predicted octanol–water partition coefficient (Wildman–Crippen LogP) is 2.75. The van der Waals surface area contributed by atoms with Crippen LogP contribution in [0.5, 0.6) is 0 Å². The minimum atomic E-state index is 0.442. The molecular weight excluding hydrogens is 234 g/mol. The van der Waals surface area contributed by atoms with Crippen molar-refractivity contribution >= 4 is 0 Å². The standard InChI is InChI=1S/C16H25N3/c1-13(16-7-3-5-11-18-16)19(15-8-9-15)12-14-6-2-4-10-17-14/h3,5,7,11,13-15,17H,2,4,6,8-10,12H2,1H3. The Balaban J connectivity index is 1.66. The van der Waals surface area contributed by atoms with Crippen LogP contribution < -0.4 is 5.32 Å². The van der Waals surface area contributed by atoms with Gasteiger partial charge in [0.2, 0.25) is 0 Å². The predicted molar refractivity (Wildman–Crippen MR) is 78.0 cm³/mol. The zero-order valence-electron chi connectivity index (χ0n) is 11.9. The van der Waals surface area contributed by atoms with Gasteiger partial charge in [-0.15, -0.1) is 0 Å². The molecule has 1 saturated heterocycles. The maximum absolute atomic E-state index is 4.54. The molecule has 0 spiro atoms. The lowest BCUT2D eigenvalue weighted by Gasteiger charge is -2.34. The number of pyridine rings is 1. The fourth-order valence-electron chi connectivity index (χ4n) is 3.16. The molecule has 0 aromatic carbocycles. The van der Waals surface area contributed by atoms with Gasteiger partial charge in [0.25, 0.3) is 0 Å². The largest absolute Gasteiger partial charge is 0.313 e. The Morgan fingerprint density at radius 1 is 1.32 bits per heavy atom. The molecule has 2 aliphatic rings. The summed E-state index contributed by atoms with van der Waals surface area (Å²) in [6.07, 6.45) is 8.70. The summed E-state index contributed by atoms with van der Waals surface area (Å²) in [5, 5.41) is 3.68. The van der Waals surface area contributed by atoms with Crippen LogP contribution in [0.4, 0.5) is 0 Å². The Labute approximate surface area is 116 Å². The normalized spacial score (nSPS) is 25.5. The number of piperidine rings is 1. The molecule has 1 saturated carbocycles. The second kappa shape index (κ2) is 6.02. The van der Waals surface area contributed by atoms with Crippen molar-refractivity contribution in [2.24, 2.45) is 0 Å². The smallest absolute Gasteiger partial charge is 0.0572 e. The highest BCUT2D eigenvalue weighted by Gasteiger charge is 2.34. The van der Waals surface area contributed by atoms with E-state index < -0.39 is 0 Å². The summed E-state index contributed by atoms with van der Waals surface area (Å²) in [6.45, 7) is 4.69. The second-order valence-electron chi connectivity index (χ2n) is 6.01. The Morgan fingerprint density at radius 2 is 2.21 bits per heavy atom. The zero-order valence-corrected chi connectivity index (χ0v) is 11.9. The number of nitrogens with one attached hydrogen (secondary N) is 1. The summed E-state index contributed by atoms with van der Waals surface area (Å²) >= 11 is 0. The lowest BCUT2D eigenvalue weighted by atomic mass is 10.0. The SMILES string of the molecule is CC(c1ccccn1)N(CC1CCCCN1)C1CC1. The molecule has 1 aliphatic heterocycles. The number of nitrogens with zero attached hydrogens (tertiary/aromatic N) is 2. The van der Waals surface area contributed by atoms with Crippen molar-refractivity contribution in [2.45, 2.75) is 57.2 Å². The first kappa shape index (κ1) is 13.1. The van der Waals surface area contributed by atoms with Gasteiger partial charge in [-0.05, 0) is 51.3 Å². The lowest BCUT2D eigenvalue weighted by Crippen LogP contribution is -2.45. The highest BCUT2D eigenvalue weighted by molar-refractivity contribution is 5.09. The molecule has 2 heterocycles. The maximum Gasteiger partial charge on any atom is 0.0572 e. The highest BCUT2D eigenvalue weighted by Crippen LogP contribution is 2.34. The quantitative estimate of drug-likeness (QED) is 0.881. The number of rotatable bonds is 5. The first-order valence-electron chi connectivity index (χ1n) is 7.74. The van der Waals surface area contributed by atoms with Gasteiger partial charge < -0.3 is 5.32 Å². The van der Waals surface area contributed by atoms with Crippen LogP contribution in [0, 0.1) is 0 Å². The third kappa shape index (κ3) is 3.34. The molecule has 1 aliphatic carbocycles. The van der Waals surface area contributed by atoms with Crippen LogP contribution in [0.15, 0.2) is 24.4 Å². The summed E-state index contributed by atoms with van der Waals surface area (Å²) in [5.74, 6) is 0. The fraction of sp³-hybridized carbons (Fsp3) is 0.688. The van der Waals surface area contributed by atoms with E-state index in [1.54, 1.807) is 0 Å². The molecule has 1 aromatic rings. The Kier molecular flexibility index (Phi) is 4.14. The Hall–Kier alpha value is -0.930. The molecule has 3 heteroatoms.